The molecule has 0 aliphatic rings. The van der Waals surface area contributed by atoms with Crippen LogP contribution in [0.2, 0.25) is 0 Å². The number of phenolic OH excluding ortho intramolecular Hbond substituents is 1. The van der Waals surface area contributed by atoms with E-state index in [0.717, 1.165) is 16.8 Å². The fourth-order valence-electron chi connectivity index (χ4n) is 2.04. The van der Waals surface area contributed by atoms with Crippen molar-refractivity contribution in [3.8, 4) is 17.0 Å². The number of hydrogen-bond donors (Lipinski definition) is 2. The molecule has 0 radical (unpaired) electrons. The van der Waals surface area contributed by atoms with Crippen molar-refractivity contribution in [2.24, 2.45) is 0 Å². The van der Waals surface area contributed by atoms with Crippen LogP contribution in [-0.2, 0) is 0 Å². The number of benzene rings is 2. The van der Waals surface area contributed by atoms with E-state index in [-0.39, 0.29) is 0 Å². The molecule has 3 aromatic rings. The molecular weight excluding hydrogens is 210 g/mol. The van der Waals surface area contributed by atoms with Gasteiger partial charge in [0.2, 0.25) is 0 Å². The van der Waals surface area contributed by atoms with Crippen molar-refractivity contribution in [3.63, 3.8) is 0 Å². The molecule has 2 nitrogen and oxygen atoms in total. The number of fused-ring (bicyclic) bond motifs is 1. The van der Waals surface area contributed by atoms with Crippen LogP contribution in [0.4, 0.5) is 0 Å². The molecule has 0 saturated heterocycles. The summed E-state index contributed by atoms with van der Waals surface area (Å²) in [7, 11) is 0. The van der Waals surface area contributed by atoms with E-state index < -0.39 is 0 Å². The predicted molar refractivity (Wildman–Crippen MR) is 70.1 cm³/mol. The van der Waals surface area contributed by atoms with Crippen LogP contribution in [0, 0.1) is 6.92 Å². The van der Waals surface area contributed by atoms with Gasteiger partial charge >= 0.3 is 0 Å². The predicted octanol–water partition coefficient (Wildman–Crippen LogP) is 3.85. The van der Waals surface area contributed by atoms with Crippen LogP contribution in [0.25, 0.3) is 22.2 Å². The highest BCUT2D eigenvalue weighted by Crippen LogP contribution is 2.25. The van der Waals surface area contributed by atoms with E-state index in [2.05, 4.69) is 36.2 Å². The zero-order chi connectivity index (χ0) is 11.8. The molecule has 2 N–H and O–H groups in total. The zero-order valence-corrected chi connectivity index (χ0v) is 9.57. The van der Waals surface area contributed by atoms with E-state index in [9.17, 15) is 5.11 Å². The Kier molecular flexibility index (Phi) is 2.15. The van der Waals surface area contributed by atoms with Crippen LogP contribution >= 0.6 is 0 Å². The number of aromatic amines is 1. The van der Waals surface area contributed by atoms with Crippen molar-refractivity contribution in [3.05, 3.63) is 54.1 Å². The zero-order valence-electron chi connectivity index (χ0n) is 9.57. The Balaban J connectivity index is 2.14. The Morgan fingerprint density at radius 2 is 1.71 bits per heavy atom. The van der Waals surface area contributed by atoms with Crippen LogP contribution in [0.3, 0.4) is 0 Å². The van der Waals surface area contributed by atoms with Crippen LogP contribution in [-0.4, -0.2) is 10.1 Å². The summed E-state index contributed by atoms with van der Waals surface area (Å²) in [6.07, 6.45) is 0. The molecule has 2 heteroatoms. The maximum Gasteiger partial charge on any atom is 0.115 e. The van der Waals surface area contributed by atoms with Gasteiger partial charge < -0.3 is 10.1 Å². The van der Waals surface area contributed by atoms with E-state index in [0.29, 0.717) is 5.75 Å². The van der Waals surface area contributed by atoms with Gasteiger partial charge in [0.15, 0.2) is 0 Å². The number of phenols is 1. The summed E-state index contributed by atoms with van der Waals surface area (Å²) in [5.74, 6) is 0.292. The SMILES string of the molecule is Cc1ccc2cc(-c3ccc(O)cc3)[nH]c2c1. The topological polar surface area (TPSA) is 36.0 Å². The van der Waals surface area contributed by atoms with Gasteiger partial charge in [0.1, 0.15) is 5.75 Å². The number of rotatable bonds is 1. The van der Waals surface area contributed by atoms with Gasteiger partial charge in [0, 0.05) is 16.6 Å². The average Bonchev–Trinajstić information content (AvgIpc) is 2.72. The van der Waals surface area contributed by atoms with Gasteiger partial charge in [0.25, 0.3) is 0 Å². The largest absolute Gasteiger partial charge is 0.508 e. The molecule has 0 aliphatic carbocycles. The van der Waals surface area contributed by atoms with Gasteiger partial charge in [-0.15, -0.1) is 0 Å². The monoisotopic (exact) mass is 223 g/mol. The van der Waals surface area contributed by atoms with Crippen LogP contribution < -0.4 is 0 Å². The second kappa shape index (κ2) is 3.67. The lowest BCUT2D eigenvalue weighted by atomic mass is 10.1. The molecule has 1 heterocycles. The minimum Gasteiger partial charge on any atom is -0.508 e. The van der Waals surface area contributed by atoms with Gasteiger partial charge in [-0.05, 0) is 54.4 Å². The molecular formula is C15H13NO. The number of hydrogen-bond acceptors (Lipinski definition) is 1. The minimum absolute atomic E-state index is 0.292. The average molecular weight is 223 g/mol. The molecule has 0 bridgehead atoms. The number of nitrogens with one attached hydrogen (secondary N) is 1. The number of H-pyrrole nitrogens is 1. The number of aromatic hydroxyl groups is 1. The molecule has 0 fully saturated rings. The fourth-order valence-corrected chi connectivity index (χ4v) is 2.04. The third-order valence-electron chi connectivity index (χ3n) is 2.96. The van der Waals surface area contributed by atoms with Crippen molar-refractivity contribution in [1.29, 1.82) is 0 Å². The van der Waals surface area contributed by atoms with Crippen molar-refractivity contribution in [2.75, 3.05) is 0 Å². The number of aromatic nitrogens is 1. The molecule has 0 saturated carbocycles. The van der Waals surface area contributed by atoms with Crippen LogP contribution in [0.5, 0.6) is 5.75 Å². The Labute approximate surface area is 99.5 Å². The van der Waals surface area contributed by atoms with E-state index in [4.69, 9.17) is 0 Å². The standard InChI is InChI=1S/C15H13NO/c1-10-2-3-12-9-15(16-14(12)8-10)11-4-6-13(17)7-5-11/h2-9,16-17H,1H3. The number of aryl methyl sites for hydroxylation is 1. The first kappa shape index (κ1) is 9.97. The van der Waals surface area contributed by atoms with E-state index >= 15 is 0 Å². The van der Waals surface area contributed by atoms with Gasteiger partial charge in [-0.1, -0.05) is 12.1 Å². The van der Waals surface area contributed by atoms with Gasteiger partial charge in [-0.25, -0.2) is 0 Å². The lowest BCUT2D eigenvalue weighted by Crippen LogP contribution is -1.76. The molecule has 0 amide bonds. The molecule has 2 aromatic carbocycles. The highest BCUT2D eigenvalue weighted by Gasteiger charge is 2.03. The molecule has 0 atom stereocenters. The first-order chi connectivity index (χ1) is 8.22. The summed E-state index contributed by atoms with van der Waals surface area (Å²) in [5.41, 5.74) is 4.55. The second-order valence-corrected chi connectivity index (χ2v) is 4.32. The molecule has 0 unspecified atom stereocenters. The van der Waals surface area contributed by atoms with Crippen molar-refractivity contribution in [2.45, 2.75) is 6.92 Å². The Morgan fingerprint density at radius 3 is 2.47 bits per heavy atom. The molecule has 0 spiro atoms. The van der Waals surface area contributed by atoms with Gasteiger partial charge in [0.05, 0.1) is 0 Å². The normalized spacial score (nSPS) is 10.9. The summed E-state index contributed by atoms with van der Waals surface area (Å²) >= 11 is 0. The third kappa shape index (κ3) is 1.78. The van der Waals surface area contributed by atoms with Crippen LogP contribution in [0.15, 0.2) is 48.5 Å². The maximum absolute atomic E-state index is 9.27. The summed E-state index contributed by atoms with van der Waals surface area (Å²) in [6.45, 7) is 2.08. The van der Waals surface area contributed by atoms with E-state index in [1.165, 1.54) is 10.9 Å². The first-order valence-corrected chi connectivity index (χ1v) is 5.61. The van der Waals surface area contributed by atoms with Crippen molar-refractivity contribution >= 4 is 10.9 Å². The fraction of sp³-hybridized carbons (Fsp3) is 0.0667. The highest BCUT2D eigenvalue weighted by atomic mass is 16.3. The quantitative estimate of drug-likeness (QED) is 0.645. The maximum atomic E-state index is 9.27. The molecule has 84 valence electrons. The van der Waals surface area contributed by atoms with Crippen LogP contribution in [0.1, 0.15) is 5.56 Å². The Hall–Kier alpha value is -2.22. The van der Waals surface area contributed by atoms with Crippen molar-refractivity contribution in [1.82, 2.24) is 4.98 Å². The van der Waals surface area contributed by atoms with Gasteiger partial charge in [-0.3, -0.25) is 0 Å². The lowest BCUT2D eigenvalue weighted by molar-refractivity contribution is 0.475. The van der Waals surface area contributed by atoms with E-state index in [1.54, 1.807) is 12.1 Å². The summed E-state index contributed by atoms with van der Waals surface area (Å²) in [5, 5.41) is 10.5. The van der Waals surface area contributed by atoms with Crippen molar-refractivity contribution < 1.29 is 5.11 Å². The van der Waals surface area contributed by atoms with E-state index in [1.807, 2.05) is 12.1 Å². The Bertz CT molecular complexity index is 665. The lowest BCUT2D eigenvalue weighted by Gasteiger charge is -1.97. The summed E-state index contributed by atoms with van der Waals surface area (Å²) in [4.78, 5) is 3.39. The second-order valence-electron chi connectivity index (χ2n) is 4.32. The molecule has 3 rings (SSSR count). The summed E-state index contributed by atoms with van der Waals surface area (Å²) in [6, 6.07) is 15.7. The smallest absolute Gasteiger partial charge is 0.115 e. The highest BCUT2D eigenvalue weighted by molar-refractivity contribution is 5.86. The molecule has 1 aromatic heterocycles. The molecule has 17 heavy (non-hydrogen) atoms. The molecule has 0 aliphatic heterocycles. The van der Waals surface area contributed by atoms with Gasteiger partial charge in [-0.2, -0.15) is 0 Å². The Morgan fingerprint density at radius 1 is 0.941 bits per heavy atom. The first-order valence-electron chi connectivity index (χ1n) is 5.61. The third-order valence-corrected chi connectivity index (χ3v) is 2.96. The summed E-state index contributed by atoms with van der Waals surface area (Å²) < 4.78 is 0. The minimum atomic E-state index is 0.292.